The van der Waals surface area contributed by atoms with Crippen molar-refractivity contribution in [2.24, 2.45) is 0 Å². The molecule has 0 aromatic heterocycles. The zero-order chi connectivity index (χ0) is 10.2. The van der Waals surface area contributed by atoms with Crippen molar-refractivity contribution in [2.45, 2.75) is 18.4 Å². The Kier molecular flexibility index (Phi) is 2.34. The van der Waals surface area contributed by atoms with Crippen molar-refractivity contribution in [1.82, 2.24) is 0 Å². The first kappa shape index (κ1) is 9.70. The molecule has 1 aliphatic carbocycles. The predicted octanol–water partition coefficient (Wildman–Crippen LogP) is 2.76. The van der Waals surface area contributed by atoms with E-state index in [1.807, 2.05) is 12.1 Å². The van der Waals surface area contributed by atoms with E-state index in [9.17, 15) is 0 Å². The average Bonchev–Trinajstić information content (AvgIpc) is 2.56. The molecule has 1 atom stereocenters. The predicted molar refractivity (Wildman–Crippen MR) is 56.8 cm³/mol. The Balaban J connectivity index is 2.55. The highest BCUT2D eigenvalue weighted by Crippen LogP contribution is 2.39. The maximum atomic E-state index is 9.15. The zero-order valence-corrected chi connectivity index (χ0v) is 9.47. The van der Waals surface area contributed by atoms with Gasteiger partial charge in [-0.2, -0.15) is 5.26 Å². The minimum Gasteiger partial charge on any atom is -0.359 e. The highest BCUT2D eigenvalue weighted by Gasteiger charge is 2.39. The molecule has 0 bridgehead atoms. The second kappa shape index (κ2) is 3.38. The third kappa shape index (κ3) is 1.26. The van der Waals surface area contributed by atoms with Crippen molar-refractivity contribution < 1.29 is 4.74 Å². The first-order valence-electron chi connectivity index (χ1n) is 4.47. The Bertz CT molecular complexity index is 410. The molecule has 0 N–H and O–H groups in total. The molecule has 0 fully saturated rings. The van der Waals surface area contributed by atoms with E-state index in [0.717, 1.165) is 22.9 Å². The van der Waals surface area contributed by atoms with Crippen LogP contribution < -0.4 is 0 Å². The minimum absolute atomic E-state index is 0.712. The van der Waals surface area contributed by atoms with Gasteiger partial charge in [-0.1, -0.05) is 22.0 Å². The number of methoxy groups -OCH3 is 1. The van der Waals surface area contributed by atoms with Crippen molar-refractivity contribution in [2.75, 3.05) is 7.11 Å². The van der Waals surface area contributed by atoms with Crippen LogP contribution in [-0.4, -0.2) is 7.11 Å². The minimum atomic E-state index is -0.712. The van der Waals surface area contributed by atoms with Crippen molar-refractivity contribution in [3.8, 4) is 6.07 Å². The van der Waals surface area contributed by atoms with Crippen molar-refractivity contribution in [3.05, 3.63) is 33.8 Å². The first-order chi connectivity index (χ1) is 6.72. The third-order valence-corrected chi connectivity index (χ3v) is 3.27. The van der Waals surface area contributed by atoms with E-state index in [0.29, 0.717) is 0 Å². The molecular formula is C11H10BrNO. The summed E-state index contributed by atoms with van der Waals surface area (Å²) in [4.78, 5) is 0. The summed E-state index contributed by atoms with van der Waals surface area (Å²) in [5.74, 6) is 0. The fraction of sp³-hybridized carbons (Fsp3) is 0.364. The molecule has 1 aromatic rings. The van der Waals surface area contributed by atoms with E-state index >= 15 is 0 Å². The number of nitriles is 1. The van der Waals surface area contributed by atoms with E-state index in [-0.39, 0.29) is 0 Å². The van der Waals surface area contributed by atoms with Crippen LogP contribution in [-0.2, 0) is 16.8 Å². The monoisotopic (exact) mass is 251 g/mol. The number of ether oxygens (including phenoxy) is 1. The van der Waals surface area contributed by atoms with Crippen LogP contribution in [0, 0.1) is 11.3 Å². The number of fused-ring (bicyclic) bond motifs is 1. The molecule has 0 saturated carbocycles. The van der Waals surface area contributed by atoms with Gasteiger partial charge >= 0.3 is 0 Å². The van der Waals surface area contributed by atoms with Gasteiger partial charge in [0.1, 0.15) is 6.07 Å². The molecule has 0 saturated heterocycles. The van der Waals surface area contributed by atoms with Gasteiger partial charge in [0, 0.05) is 17.1 Å². The molecule has 1 aliphatic rings. The van der Waals surface area contributed by atoms with Gasteiger partial charge in [-0.05, 0) is 30.5 Å². The fourth-order valence-electron chi connectivity index (χ4n) is 1.98. The Morgan fingerprint density at radius 1 is 1.57 bits per heavy atom. The molecule has 2 rings (SSSR count). The zero-order valence-electron chi connectivity index (χ0n) is 7.88. The molecule has 0 radical (unpaired) electrons. The summed E-state index contributed by atoms with van der Waals surface area (Å²) < 4.78 is 6.39. The lowest BCUT2D eigenvalue weighted by Crippen LogP contribution is -2.22. The van der Waals surface area contributed by atoms with Crippen LogP contribution in [0.4, 0.5) is 0 Å². The Labute approximate surface area is 91.6 Å². The van der Waals surface area contributed by atoms with E-state index in [1.165, 1.54) is 5.56 Å². The number of halogens is 1. The molecule has 0 aliphatic heterocycles. The second-order valence-corrected chi connectivity index (χ2v) is 4.36. The van der Waals surface area contributed by atoms with E-state index in [4.69, 9.17) is 10.00 Å². The molecule has 0 amide bonds. The fourth-order valence-corrected chi connectivity index (χ4v) is 2.39. The number of aryl methyl sites for hydroxylation is 1. The van der Waals surface area contributed by atoms with E-state index < -0.39 is 5.60 Å². The van der Waals surface area contributed by atoms with Crippen LogP contribution in [0.1, 0.15) is 17.5 Å². The molecule has 3 heteroatoms. The number of hydrogen-bond donors (Lipinski definition) is 0. The van der Waals surface area contributed by atoms with Gasteiger partial charge in [-0.3, -0.25) is 0 Å². The lowest BCUT2D eigenvalue weighted by atomic mass is 9.98. The van der Waals surface area contributed by atoms with Gasteiger partial charge in [0.15, 0.2) is 5.60 Å². The smallest absolute Gasteiger partial charge is 0.179 e. The van der Waals surface area contributed by atoms with Crippen molar-refractivity contribution in [3.63, 3.8) is 0 Å². The van der Waals surface area contributed by atoms with Gasteiger partial charge in [0.25, 0.3) is 0 Å². The number of nitrogens with zero attached hydrogens (tertiary/aromatic N) is 1. The molecule has 0 heterocycles. The lowest BCUT2D eigenvalue weighted by Gasteiger charge is -2.19. The summed E-state index contributed by atoms with van der Waals surface area (Å²) in [6.07, 6.45) is 1.67. The Morgan fingerprint density at radius 2 is 2.36 bits per heavy atom. The topological polar surface area (TPSA) is 33.0 Å². The highest BCUT2D eigenvalue weighted by atomic mass is 79.9. The van der Waals surface area contributed by atoms with Crippen LogP contribution in [0.15, 0.2) is 22.7 Å². The Morgan fingerprint density at radius 3 is 3.00 bits per heavy atom. The normalized spacial score (nSPS) is 24.4. The molecule has 1 unspecified atom stereocenters. The molecule has 0 spiro atoms. The molecule has 1 aromatic carbocycles. The summed E-state index contributed by atoms with van der Waals surface area (Å²) in [6.45, 7) is 0. The molecule has 2 nitrogen and oxygen atoms in total. The van der Waals surface area contributed by atoms with Gasteiger partial charge < -0.3 is 4.74 Å². The van der Waals surface area contributed by atoms with Crippen molar-refractivity contribution >= 4 is 15.9 Å². The van der Waals surface area contributed by atoms with Crippen LogP contribution >= 0.6 is 15.9 Å². The lowest BCUT2D eigenvalue weighted by molar-refractivity contribution is 0.0379. The summed E-state index contributed by atoms with van der Waals surface area (Å²) >= 11 is 3.42. The summed E-state index contributed by atoms with van der Waals surface area (Å²) in [5.41, 5.74) is 1.52. The second-order valence-electron chi connectivity index (χ2n) is 3.44. The largest absolute Gasteiger partial charge is 0.359 e. The first-order valence-corrected chi connectivity index (χ1v) is 5.26. The maximum absolute atomic E-state index is 9.15. The average molecular weight is 252 g/mol. The van der Waals surface area contributed by atoms with Crippen LogP contribution in [0.25, 0.3) is 0 Å². The highest BCUT2D eigenvalue weighted by molar-refractivity contribution is 9.10. The van der Waals surface area contributed by atoms with E-state index in [2.05, 4.69) is 28.1 Å². The standard InChI is InChI=1S/C11H10BrNO/c1-14-11(7-13)5-4-8-6-9(12)2-3-10(8)11/h2-3,6H,4-5H2,1H3. The Hall–Kier alpha value is -0.850. The summed E-state index contributed by atoms with van der Waals surface area (Å²) in [5, 5.41) is 9.15. The van der Waals surface area contributed by atoms with Crippen molar-refractivity contribution in [1.29, 1.82) is 5.26 Å². The third-order valence-electron chi connectivity index (χ3n) is 2.78. The molecular weight excluding hydrogens is 242 g/mol. The number of hydrogen-bond acceptors (Lipinski definition) is 2. The van der Waals surface area contributed by atoms with Gasteiger partial charge in [0.2, 0.25) is 0 Å². The van der Waals surface area contributed by atoms with Gasteiger partial charge in [-0.25, -0.2) is 0 Å². The number of benzene rings is 1. The van der Waals surface area contributed by atoms with Crippen LogP contribution in [0.3, 0.4) is 0 Å². The summed E-state index contributed by atoms with van der Waals surface area (Å²) in [7, 11) is 1.60. The van der Waals surface area contributed by atoms with E-state index in [1.54, 1.807) is 7.11 Å². The van der Waals surface area contributed by atoms with Gasteiger partial charge in [0.05, 0.1) is 0 Å². The van der Waals surface area contributed by atoms with Crippen LogP contribution in [0.5, 0.6) is 0 Å². The molecule has 14 heavy (non-hydrogen) atoms. The van der Waals surface area contributed by atoms with Crippen LogP contribution in [0.2, 0.25) is 0 Å². The summed E-state index contributed by atoms with van der Waals surface area (Å²) in [6, 6.07) is 8.25. The quantitative estimate of drug-likeness (QED) is 0.769. The van der Waals surface area contributed by atoms with Gasteiger partial charge in [-0.15, -0.1) is 0 Å². The molecule has 72 valence electrons. The number of rotatable bonds is 1. The maximum Gasteiger partial charge on any atom is 0.179 e. The SMILES string of the molecule is COC1(C#N)CCc2cc(Br)ccc21.